The normalized spacial score (nSPS) is 30.5. The summed E-state index contributed by atoms with van der Waals surface area (Å²) < 4.78 is 0. The molecule has 1 aliphatic heterocycles. The molecule has 0 atom stereocenters. The Labute approximate surface area is 74.6 Å². The Bertz CT molecular complexity index is 157. The molecule has 2 rings (SSSR count). The second-order valence-corrected chi connectivity index (χ2v) is 4.31. The summed E-state index contributed by atoms with van der Waals surface area (Å²) in [6, 6.07) is 0. The lowest BCUT2D eigenvalue weighted by molar-refractivity contribution is -0.0379. The van der Waals surface area contributed by atoms with Crippen LogP contribution in [0.4, 0.5) is 0 Å². The van der Waals surface area contributed by atoms with Gasteiger partial charge in [-0.25, -0.2) is 0 Å². The first kappa shape index (κ1) is 8.52. The van der Waals surface area contributed by atoms with Gasteiger partial charge in [-0.1, -0.05) is 6.92 Å². The molecule has 0 aromatic rings. The van der Waals surface area contributed by atoms with Crippen molar-refractivity contribution in [3.8, 4) is 0 Å². The summed E-state index contributed by atoms with van der Waals surface area (Å²) in [5, 5.41) is 10.2. The van der Waals surface area contributed by atoms with Crippen LogP contribution in [0.5, 0.6) is 0 Å². The summed E-state index contributed by atoms with van der Waals surface area (Å²) in [4.78, 5) is 2.43. The van der Waals surface area contributed by atoms with Crippen LogP contribution in [0.3, 0.4) is 0 Å². The summed E-state index contributed by atoms with van der Waals surface area (Å²) in [6.07, 6.45) is 4.54. The topological polar surface area (TPSA) is 23.5 Å². The fraction of sp³-hybridized carbons (Fsp3) is 1.00. The second-order valence-electron chi connectivity index (χ2n) is 4.31. The maximum atomic E-state index is 10.2. The van der Waals surface area contributed by atoms with Crippen molar-refractivity contribution < 1.29 is 5.11 Å². The van der Waals surface area contributed by atoms with E-state index in [1.807, 2.05) is 0 Å². The van der Waals surface area contributed by atoms with Crippen molar-refractivity contribution in [3.05, 3.63) is 0 Å². The fourth-order valence-electron chi connectivity index (χ4n) is 2.29. The molecule has 2 nitrogen and oxygen atoms in total. The molecule has 2 heteroatoms. The Balaban J connectivity index is 1.87. The molecule has 0 bridgehead atoms. The van der Waals surface area contributed by atoms with Gasteiger partial charge in [0.15, 0.2) is 0 Å². The van der Waals surface area contributed by atoms with Gasteiger partial charge in [0, 0.05) is 13.1 Å². The van der Waals surface area contributed by atoms with E-state index in [4.69, 9.17) is 0 Å². The number of piperidine rings is 1. The first-order chi connectivity index (χ1) is 5.74. The van der Waals surface area contributed by atoms with E-state index in [0.29, 0.717) is 5.92 Å². The lowest BCUT2D eigenvalue weighted by Crippen LogP contribution is -2.45. The molecular formula is C10H19NO. The largest absolute Gasteiger partial charge is 0.390 e. The minimum Gasteiger partial charge on any atom is -0.390 e. The number of likely N-dealkylation sites (tertiary alicyclic amines) is 1. The standard InChI is InChI=1S/C10H19NO/c1-2-11-7-5-10(12,6-8-11)9-3-4-9/h9,12H,2-8H2,1H3. The predicted molar refractivity (Wildman–Crippen MR) is 49.0 cm³/mol. The molecule has 1 aliphatic carbocycles. The number of aliphatic hydroxyl groups is 1. The molecule has 70 valence electrons. The molecule has 0 radical (unpaired) electrons. The monoisotopic (exact) mass is 169 g/mol. The predicted octanol–water partition coefficient (Wildman–Crippen LogP) is 1.24. The van der Waals surface area contributed by atoms with E-state index in [-0.39, 0.29) is 5.60 Å². The highest BCUT2D eigenvalue weighted by Gasteiger charge is 2.44. The van der Waals surface area contributed by atoms with E-state index in [2.05, 4.69) is 11.8 Å². The van der Waals surface area contributed by atoms with E-state index >= 15 is 0 Å². The zero-order valence-corrected chi connectivity index (χ0v) is 7.92. The van der Waals surface area contributed by atoms with Gasteiger partial charge in [0.2, 0.25) is 0 Å². The quantitative estimate of drug-likeness (QED) is 0.672. The van der Waals surface area contributed by atoms with E-state index in [0.717, 1.165) is 32.5 Å². The van der Waals surface area contributed by atoms with Gasteiger partial charge >= 0.3 is 0 Å². The first-order valence-electron chi connectivity index (χ1n) is 5.19. The third-order valence-electron chi connectivity index (χ3n) is 3.51. The maximum absolute atomic E-state index is 10.2. The van der Waals surface area contributed by atoms with Crippen LogP contribution in [0.15, 0.2) is 0 Å². The van der Waals surface area contributed by atoms with Crippen molar-refractivity contribution in [3.63, 3.8) is 0 Å². The summed E-state index contributed by atoms with van der Waals surface area (Å²) in [5.74, 6) is 0.650. The molecule has 1 heterocycles. The van der Waals surface area contributed by atoms with Crippen LogP contribution in [0.1, 0.15) is 32.6 Å². The lowest BCUT2D eigenvalue weighted by Gasteiger charge is -2.38. The van der Waals surface area contributed by atoms with Crippen LogP contribution >= 0.6 is 0 Å². The van der Waals surface area contributed by atoms with Crippen molar-refractivity contribution in [2.75, 3.05) is 19.6 Å². The SMILES string of the molecule is CCN1CCC(O)(C2CC2)CC1. The molecule has 0 amide bonds. The van der Waals surface area contributed by atoms with Crippen molar-refractivity contribution >= 4 is 0 Å². The second kappa shape index (κ2) is 3.00. The van der Waals surface area contributed by atoms with Crippen LogP contribution in [-0.4, -0.2) is 35.2 Å². The molecular weight excluding hydrogens is 150 g/mol. The van der Waals surface area contributed by atoms with Gasteiger partial charge in [-0.3, -0.25) is 0 Å². The van der Waals surface area contributed by atoms with E-state index in [1.165, 1.54) is 12.8 Å². The van der Waals surface area contributed by atoms with Crippen LogP contribution < -0.4 is 0 Å². The Hall–Kier alpha value is -0.0800. The molecule has 0 unspecified atom stereocenters. The Kier molecular flexibility index (Phi) is 2.13. The molecule has 0 aromatic carbocycles. The Morgan fingerprint density at radius 2 is 1.92 bits per heavy atom. The zero-order chi connectivity index (χ0) is 8.60. The average molecular weight is 169 g/mol. The number of hydrogen-bond donors (Lipinski definition) is 1. The van der Waals surface area contributed by atoms with Gasteiger partial charge < -0.3 is 10.0 Å². The average Bonchev–Trinajstić information content (AvgIpc) is 2.88. The minimum absolute atomic E-state index is 0.272. The third-order valence-corrected chi connectivity index (χ3v) is 3.51. The molecule has 0 spiro atoms. The van der Waals surface area contributed by atoms with Crippen LogP contribution in [0.2, 0.25) is 0 Å². The summed E-state index contributed by atoms with van der Waals surface area (Å²) in [6.45, 7) is 5.54. The van der Waals surface area contributed by atoms with Gasteiger partial charge in [0.05, 0.1) is 5.60 Å². The summed E-state index contributed by atoms with van der Waals surface area (Å²) in [7, 11) is 0. The van der Waals surface area contributed by atoms with Gasteiger partial charge in [-0.2, -0.15) is 0 Å². The third kappa shape index (κ3) is 1.50. The van der Waals surface area contributed by atoms with Crippen molar-refractivity contribution in [1.82, 2.24) is 4.90 Å². The maximum Gasteiger partial charge on any atom is 0.0700 e. The molecule has 12 heavy (non-hydrogen) atoms. The van der Waals surface area contributed by atoms with Crippen molar-refractivity contribution in [1.29, 1.82) is 0 Å². The van der Waals surface area contributed by atoms with E-state index in [1.54, 1.807) is 0 Å². The lowest BCUT2D eigenvalue weighted by atomic mass is 9.87. The molecule has 1 saturated heterocycles. The van der Waals surface area contributed by atoms with Crippen molar-refractivity contribution in [2.45, 2.75) is 38.2 Å². The van der Waals surface area contributed by atoms with Gasteiger partial charge in [-0.05, 0) is 38.1 Å². The van der Waals surface area contributed by atoms with Gasteiger partial charge in [0.1, 0.15) is 0 Å². The number of hydrogen-bond acceptors (Lipinski definition) is 2. The summed E-state index contributed by atoms with van der Waals surface area (Å²) >= 11 is 0. The number of rotatable bonds is 2. The zero-order valence-electron chi connectivity index (χ0n) is 7.92. The highest BCUT2D eigenvalue weighted by Crippen LogP contribution is 2.44. The first-order valence-corrected chi connectivity index (χ1v) is 5.19. The molecule has 1 N–H and O–H groups in total. The molecule has 2 fully saturated rings. The molecule has 1 saturated carbocycles. The van der Waals surface area contributed by atoms with Crippen LogP contribution in [0.25, 0.3) is 0 Å². The van der Waals surface area contributed by atoms with Crippen LogP contribution in [-0.2, 0) is 0 Å². The molecule has 0 aromatic heterocycles. The van der Waals surface area contributed by atoms with Crippen molar-refractivity contribution in [2.24, 2.45) is 5.92 Å². The fourth-order valence-corrected chi connectivity index (χ4v) is 2.29. The minimum atomic E-state index is -0.272. The van der Waals surface area contributed by atoms with Crippen LogP contribution in [0, 0.1) is 5.92 Å². The van der Waals surface area contributed by atoms with Gasteiger partial charge in [-0.15, -0.1) is 0 Å². The Morgan fingerprint density at radius 1 is 1.33 bits per heavy atom. The Morgan fingerprint density at radius 3 is 2.33 bits per heavy atom. The highest BCUT2D eigenvalue weighted by atomic mass is 16.3. The van der Waals surface area contributed by atoms with E-state index < -0.39 is 0 Å². The number of nitrogens with zero attached hydrogens (tertiary/aromatic N) is 1. The highest BCUT2D eigenvalue weighted by molar-refractivity contribution is 4.97. The van der Waals surface area contributed by atoms with E-state index in [9.17, 15) is 5.11 Å². The van der Waals surface area contributed by atoms with Gasteiger partial charge in [0.25, 0.3) is 0 Å². The molecule has 2 aliphatic rings. The summed E-state index contributed by atoms with van der Waals surface area (Å²) in [5.41, 5.74) is -0.272. The smallest absolute Gasteiger partial charge is 0.0700 e.